The van der Waals surface area contributed by atoms with Gasteiger partial charge in [-0.15, -0.1) is 0 Å². The van der Waals surface area contributed by atoms with Crippen molar-refractivity contribution in [1.82, 2.24) is 4.90 Å². The van der Waals surface area contributed by atoms with Gasteiger partial charge in [0.2, 0.25) is 0 Å². The van der Waals surface area contributed by atoms with Crippen LogP contribution < -0.4 is 5.73 Å². The van der Waals surface area contributed by atoms with Crippen LogP contribution in [0.5, 0.6) is 0 Å². The zero-order chi connectivity index (χ0) is 13.7. The van der Waals surface area contributed by atoms with Gasteiger partial charge in [0.15, 0.2) is 0 Å². The number of hydrogen-bond acceptors (Lipinski definition) is 2. The Morgan fingerprint density at radius 3 is 2.42 bits per heavy atom. The van der Waals surface area contributed by atoms with Crippen molar-refractivity contribution in [2.45, 2.75) is 51.1 Å². The second-order valence-corrected chi connectivity index (χ2v) is 6.20. The monoisotopic (exact) mass is 260 g/mol. The van der Waals surface area contributed by atoms with E-state index < -0.39 is 0 Å². The first-order valence-electron chi connectivity index (χ1n) is 7.67. The topological polar surface area (TPSA) is 29.3 Å². The first kappa shape index (κ1) is 14.5. The summed E-state index contributed by atoms with van der Waals surface area (Å²) in [6, 6.07) is 11.4. The molecule has 2 nitrogen and oxygen atoms in total. The highest BCUT2D eigenvalue weighted by Crippen LogP contribution is 2.27. The van der Waals surface area contributed by atoms with E-state index >= 15 is 0 Å². The lowest BCUT2D eigenvalue weighted by molar-refractivity contribution is 0.166. The minimum atomic E-state index is 0.172. The Kier molecular flexibility index (Phi) is 5.41. The molecule has 0 aromatic heterocycles. The third-order valence-corrected chi connectivity index (χ3v) is 4.63. The number of benzene rings is 1. The van der Waals surface area contributed by atoms with Gasteiger partial charge in [0, 0.05) is 12.1 Å². The smallest absolute Gasteiger partial charge is 0.0307 e. The second kappa shape index (κ2) is 7.06. The largest absolute Gasteiger partial charge is 0.324 e. The minimum Gasteiger partial charge on any atom is -0.324 e. The van der Waals surface area contributed by atoms with Crippen LogP contribution >= 0.6 is 0 Å². The zero-order valence-corrected chi connectivity index (χ0v) is 12.4. The molecule has 0 amide bonds. The van der Waals surface area contributed by atoms with Crippen LogP contribution in [0.3, 0.4) is 0 Å². The molecular weight excluding hydrogens is 232 g/mol. The van der Waals surface area contributed by atoms with Gasteiger partial charge in [-0.25, -0.2) is 0 Å². The molecule has 0 saturated heterocycles. The van der Waals surface area contributed by atoms with Gasteiger partial charge < -0.3 is 10.6 Å². The van der Waals surface area contributed by atoms with Crippen molar-refractivity contribution in [3.63, 3.8) is 0 Å². The standard InChI is InChI=1S/C17H28N2/c1-14-8-10-16(11-9-14)19(2)13-12-17(18)15-6-4-3-5-7-15/h3-7,14,16-17H,8-13,18H2,1-2H3. The molecule has 0 heterocycles. The van der Waals surface area contributed by atoms with E-state index in [1.165, 1.54) is 31.2 Å². The van der Waals surface area contributed by atoms with Crippen molar-refractivity contribution in [2.75, 3.05) is 13.6 Å². The summed E-state index contributed by atoms with van der Waals surface area (Å²) in [7, 11) is 2.26. The minimum absolute atomic E-state index is 0.172. The van der Waals surface area contributed by atoms with Crippen LogP contribution in [0, 0.1) is 5.92 Å². The Labute approximate surface area is 118 Å². The predicted molar refractivity (Wildman–Crippen MR) is 82.0 cm³/mol. The molecule has 1 aliphatic rings. The van der Waals surface area contributed by atoms with Gasteiger partial charge in [0.25, 0.3) is 0 Å². The van der Waals surface area contributed by atoms with Crippen LogP contribution in [0.25, 0.3) is 0 Å². The first-order chi connectivity index (χ1) is 9.16. The number of nitrogens with two attached hydrogens (primary N) is 1. The Balaban J connectivity index is 1.75. The fourth-order valence-corrected chi connectivity index (χ4v) is 3.08. The zero-order valence-electron chi connectivity index (χ0n) is 12.4. The second-order valence-electron chi connectivity index (χ2n) is 6.20. The van der Waals surface area contributed by atoms with Crippen molar-refractivity contribution in [2.24, 2.45) is 11.7 Å². The third-order valence-electron chi connectivity index (χ3n) is 4.63. The van der Waals surface area contributed by atoms with Gasteiger partial charge in [-0.05, 0) is 57.2 Å². The molecule has 1 aromatic carbocycles. The molecule has 1 aromatic rings. The molecule has 0 aliphatic heterocycles. The summed E-state index contributed by atoms with van der Waals surface area (Å²) >= 11 is 0. The summed E-state index contributed by atoms with van der Waals surface area (Å²) in [5.74, 6) is 0.927. The molecule has 2 heteroatoms. The Morgan fingerprint density at radius 2 is 1.79 bits per heavy atom. The van der Waals surface area contributed by atoms with Crippen molar-refractivity contribution >= 4 is 0 Å². The third kappa shape index (κ3) is 4.32. The average molecular weight is 260 g/mol. The van der Waals surface area contributed by atoms with E-state index in [2.05, 4.69) is 43.1 Å². The average Bonchev–Trinajstić information content (AvgIpc) is 2.46. The molecule has 1 atom stereocenters. The summed E-state index contributed by atoms with van der Waals surface area (Å²) in [5, 5.41) is 0. The van der Waals surface area contributed by atoms with Crippen LogP contribution in [0.15, 0.2) is 30.3 Å². The van der Waals surface area contributed by atoms with Crippen LogP contribution in [-0.4, -0.2) is 24.5 Å². The molecule has 2 N–H and O–H groups in total. The lowest BCUT2D eigenvalue weighted by Crippen LogP contribution is -2.36. The lowest BCUT2D eigenvalue weighted by Gasteiger charge is -2.34. The van der Waals surface area contributed by atoms with Gasteiger partial charge in [0.1, 0.15) is 0 Å². The van der Waals surface area contributed by atoms with E-state index in [1.807, 2.05) is 6.07 Å². The van der Waals surface area contributed by atoms with Crippen molar-refractivity contribution < 1.29 is 0 Å². The number of hydrogen-bond donors (Lipinski definition) is 1. The van der Waals surface area contributed by atoms with Crippen molar-refractivity contribution in [3.8, 4) is 0 Å². The summed E-state index contributed by atoms with van der Waals surface area (Å²) in [6.45, 7) is 3.48. The van der Waals surface area contributed by atoms with Crippen molar-refractivity contribution in [1.29, 1.82) is 0 Å². The van der Waals surface area contributed by atoms with E-state index in [0.29, 0.717) is 0 Å². The van der Waals surface area contributed by atoms with E-state index in [1.54, 1.807) is 0 Å². The van der Waals surface area contributed by atoms with Gasteiger partial charge in [-0.3, -0.25) is 0 Å². The highest BCUT2D eigenvalue weighted by atomic mass is 15.1. The molecule has 106 valence electrons. The highest BCUT2D eigenvalue weighted by Gasteiger charge is 2.21. The van der Waals surface area contributed by atoms with Crippen molar-refractivity contribution in [3.05, 3.63) is 35.9 Å². The van der Waals surface area contributed by atoms with E-state index in [9.17, 15) is 0 Å². The van der Waals surface area contributed by atoms with Crippen LogP contribution in [-0.2, 0) is 0 Å². The molecule has 2 rings (SSSR count). The molecule has 1 aliphatic carbocycles. The molecule has 0 spiro atoms. The van der Waals surface area contributed by atoms with Crippen LogP contribution in [0.4, 0.5) is 0 Å². The fourth-order valence-electron chi connectivity index (χ4n) is 3.08. The fraction of sp³-hybridized carbons (Fsp3) is 0.647. The van der Waals surface area contributed by atoms with Gasteiger partial charge in [0.05, 0.1) is 0 Å². The lowest BCUT2D eigenvalue weighted by atomic mass is 9.86. The molecule has 0 bridgehead atoms. The summed E-state index contributed by atoms with van der Waals surface area (Å²) in [6.07, 6.45) is 6.54. The summed E-state index contributed by atoms with van der Waals surface area (Å²) < 4.78 is 0. The molecule has 1 unspecified atom stereocenters. The first-order valence-corrected chi connectivity index (χ1v) is 7.67. The van der Waals surface area contributed by atoms with E-state index in [4.69, 9.17) is 5.73 Å². The molecule has 0 radical (unpaired) electrons. The van der Waals surface area contributed by atoms with E-state index in [-0.39, 0.29) is 6.04 Å². The maximum atomic E-state index is 6.27. The molecule has 1 fully saturated rings. The van der Waals surface area contributed by atoms with E-state index in [0.717, 1.165) is 24.9 Å². The number of rotatable bonds is 5. The highest BCUT2D eigenvalue weighted by molar-refractivity contribution is 5.18. The van der Waals surface area contributed by atoms with Crippen LogP contribution in [0.1, 0.15) is 50.6 Å². The molecule has 1 saturated carbocycles. The maximum absolute atomic E-state index is 6.27. The SMILES string of the molecule is CC1CCC(N(C)CCC(N)c2ccccc2)CC1. The molecular formula is C17H28N2. The molecule has 19 heavy (non-hydrogen) atoms. The predicted octanol–water partition coefficient (Wildman–Crippen LogP) is 3.59. The normalized spacial score (nSPS) is 25.5. The number of nitrogens with zero attached hydrogens (tertiary/aromatic N) is 1. The van der Waals surface area contributed by atoms with Crippen LogP contribution in [0.2, 0.25) is 0 Å². The Morgan fingerprint density at radius 1 is 1.16 bits per heavy atom. The quantitative estimate of drug-likeness (QED) is 0.876. The van der Waals surface area contributed by atoms with Gasteiger partial charge in [-0.1, -0.05) is 37.3 Å². The van der Waals surface area contributed by atoms with Gasteiger partial charge in [-0.2, -0.15) is 0 Å². The Bertz CT molecular complexity index is 355. The Hall–Kier alpha value is -0.860. The summed E-state index contributed by atoms with van der Waals surface area (Å²) in [5.41, 5.74) is 7.53. The maximum Gasteiger partial charge on any atom is 0.0307 e. The van der Waals surface area contributed by atoms with Gasteiger partial charge >= 0.3 is 0 Å². The summed E-state index contributed by atoms with van der Waals surface area (Å²) in [4.78, 5) is 2.52.